The number of para-hydroxylation sites is 1. The first-order chi connectivity index (χ1) is 9.52. The van der Waals surface area contributed by atoms with E-state index in [1.807, 2.05) is 30.3 Å². The summed E-state index contributed by atoms with van der Waals surface area (Å²) in [6, 6.07) is 11.9. The number of nitrogens with two attached hydrogens (primary N) is 1. The summed E-state index contributed by atoms with van der Waals surface area (Å²) in [6.07, 6.45) is 0.701. The van der Waals surface area contributed by atoms with E-state index in [4.69, 9.17) is 22.1 Å². The Balaban J connectivity index is 2.28. The maximum atomic E-state index is 6.33. The Hall–Kier alpha value is -1.51. The van der Waals surface area contributed by atoms with Crippen molar-refractivity contribution in [2.45, 2.75) is 26.3 Å². The Bertz CT molecular complexity index is 610. The summed E-state index contributed by atoms with van der Waals surface area (Å²) in [5.74, 6) is 0.864. The normalized spacial score (nSPS) is 12.2. The highest BCUT2D eigenvalue weighted by molar-refractivity contribution is 6.31. The molecular weight excluding hydrogens is 270 g/mol. The number of ether oxygens (including phenoxy) is 1. The molecule has 0 aliphatic rings. The van der Waals surface area contributed by atoms with Crippen molar-refractivity contribution in [3.8, 4) is 5.75 Å². The standard InChI is InChI=1S/C17H20ClNO/c1-11-8-14(15(18)9-12(11)2)16(19)10-13-6-4-5-7-17(13)20-3/h4-9,16H,10,19H2,1-3H3. The van der Waals surface area contributed by atoms with Gasteiger partial charge in [-0.3, -0.25) is 0 Å². The molecule has 0 aliphatic heterocycles. The van der Waals surface area contributed by atoms with Gasteiger partial charge in [-0.25, -0.2) is 0 Å². The van der Waals surface area contributed by atoms with Gasteiger partial charge in [-0.1, -0.05) is 35.9 Å². The van der Waals surface area contributed by atoms with E-state index in [9.17, 15) is 0 Å². The Labute approximate surface area is 125 Å². The number of methoxy groups -OCH3 is 1. The molecule has 2 rings (SSSR count). The van der Waals surface area contributed by atoms with E-state index < -0.39 is 0 Å². The van der Waals surface area contributed by atoms with Gasteiger partial charge in [-0.05, 0) is 54.7 Å². The van der Waals surface area contributed by atoms with Crippen molar-refractivity contribution >= 4 is 11.6 Å². The fourth-order valence-corrected chi connectivity index (χ4v) is 2.66. The molecule has 2 N–H and O–H groups in total. The molecule has 20 heavy (non-hydrogen) atoms. The summed E-state index contributed by atoms with van der Waals surface area (Å²) in [6.45, 7) is 4.13. The molecule has 0 radical (unpaired) electrons. The van der Waals surface area contributed by atoms with Gasteiger partial charge >= 0.3 is 0 Å². The predicted molar refractivity (Wildman–Crippen MR) is 84.6 cm³/mol. The monoisotopic (exact) mass is 289 g/mol. The zero-order chi connectivity index (χ0) is 14.7. The number of aryl methyl sites for hydroxylation is 2. The van der Waals surface area contributed by atoms with Crippen LogP contribution in [0.3, 0.4) is 0 Å². The van der Waals surface area contributed by atoms with Crippen molar-refractivity contribution < 1.29 is 4.74 Å². The number of halogens is 1. The van der Waals surface area contributed by atoms with E-state index in [2.05, 4.69) is 19.9 Å². The van der Waals surface area contributed by atoms with Crippen LogP contribution in [0.4, 0.5) is 0 Å². The van der Waals surface area contributed by atoms with E-state index in [1.165, 1.54) is 11.1 Å². The van der Waals surface area contributed by atoms with Crippen molar-refractivity contribution in [2.75, 3.05) is 7.11 Å². The first-order valence-corrected chi connectivity index (χ1v) is 7.05. The van der Waals surface area contributed by atoms with Crippen molar-refractivity contribution in [2.24, 2.45) is 5.73 Å². The molecule has 0 bridgehead atoms. The summed E-state index contributed by atoms with van der Waals surface area (Å²) < 4.78 is 5.37. The van der Waals surface area contributed by atoms with Gasteiger partial charge < -0.3 is 10.5 Å². The zero-order valence-electron chi connectivity index (χ0n) is 12.1. The third-order valence-electron chi connectivity index (χ3n) is 3.64. The van der Waals surface area contributed by atoms with Crippen molar-refractivity contribution in [1.29, 1.82) is 0 Å². The molecule has 0 aliphatic carbocycles. The largest absolute Gasteiger partial charge is 0.496 e. The van der Waals surface area contributed by atoms with E-state index >= 15 is 0 Å². The van der Waals surface area contributed by atoms with Crippen LogP contribution in [0.2, 0.25) is 5.02 Å². The lowest BCUT2D eigenvalue weighted by Crippen LogP contribution is -2.15. The van der Waals surface area contributed by atoms with Crippen molar-refractivity contribution in [3.63, 3.8) is 0 Å². The molecule has 0 fully saturated rings. The smallest absolute Gasteiger partial charge is 0.122 e. The topological polar surface area (TPSA) is 35.2 Å². The van der Waals surface area contributed by atoms with Crippen LogP contribution < -0.4 is 10.5 Å². The van der Waals surface area contributed by atoms with Gasteiger partial charge in [0.1, 0.15) is 5.75 Å². The number of hydrogen-bond donors (Lipinski definition) is 1. The molecule has 2 aromatic carbocycles. The molecule has 0 saturated heterocycles. The minimum Gasteiger partial charge on any atom is -0.496 e. The molecule has 3 heteroatoms. The Kier molecular flexibility index (Phi) is 4.69. The molecule has 106 valence electrons. The zero-order valence-corrected chi connectivity index (χ0v) is 12.9. The maximum Gasteiger partial charge on any atom is 0.122 e. The first-order valence-electron chi connectivity index (χ1n) is 6.67. The fourth-order valence-electron chi connectivity index (χ4n) is 2.31. The highest BCUT2D eigenvalue weighted by Crippen LogP contribution is 2.29. The Morgan fingerprint density at radius 1 is 1.15 bits per heavy atom. The average molecular weight is 290 g/mol. The van der Waals surface area contributed by atoms with E-state index in [0.717, 1.165) is 21.9 Å². The summed E-state index contributed by atoms with van der Waals surface area (Å²) in [4.78, 5) is 0. The lowest BCUT2D eigenvalue weighted by atomic mass is 9.96. The van der Waals surface area contributed by atoms with Crippen LogP contribution in [0.1, 0.15) is 28.3 Å². The molecule has 0 aromatic heterocycles. The van der Waals surface area contributed by atoms with Crippen LogP contribution in [0.5, 0.6) is 5.75 Å². The van der Waals surface area contributed by atoms with Crippen LogP contribution >= 0.6 is 11.6 Å². The molecule has 2 aromatic rings. The van der Waals surface area contributed by atoms with Gasteiger partial charge in [0, 0.05) is 11.1 Å². The first kappa shape index (κ1) is 14.9. The number of rotatable bonds is 4. The minimum atomic E-state index is -0.141. The quantitative estimate of drug-likeness (QED) is 0.915. The Morgan fingerprint density at radius 2 is 1.80 bits per heavy atom. The molecule has 1 atom stereocenters. The third-order valence-corrected chi connectivity index (χ3v) is 3.97. The SMILES string of the molecule is COc1ccccc1CC(N)c1cc(C)c(C)cc1Cl. The van der Waals surface area contributed by atoms with Crippen molar-refractivity contribution in [3.05, 3.63) is 63.7 Å². The third kappa shape index (κ3) is 3.14. The summed E-state index contributed by atoms with van der Waals surface area (Å²) in [5.41, 5.74) is 10.8. The fraction of sp³-hybridized carbons (Fsp3) is 0.294. The van der Waals surface area contributed by atoms with E-state index in [1.54, 1.807) is 7.11 Å². The number of hydrogen-bond acceptors (Lipinski definition) is 2. The second-order valence-corrected chi connectivity index (χ2v) is 5.49. The predicted octanol–water partition coefficient (Wildman–Crippen LogP) is 4.21. The van der Waals surface area contributed by atoms with Crippen LogP contribution in [0.15, 0.2) is 36.4 Å². The van der Waals surface area contributed by atoms with Gasteiger partial charge in [0.15, 0.2) is 0 Å². The number of benzene rings is 2. The average Bonchev–Trinajstić information content (AvgIpc) is 2.43. The van der Waals surface area contributed by atoms with Gasteiger partial charge in [0.25, 0.3) is 0 Å². The summed E-state index contributed by atoms with van der Waals surface area (Å²) >= 11 is 6.33. The highest BCUT2D eigenvalue weighted by Gasteiger charge is 2.14. The van der Waals surface area contributed by atoms with Crippen molar-refractivity contribution in [1.82, 2.24) is 0 Å². The van der Waals surface area contributed by atoms with Gasteiger partial charge in [0.2, 0.25) is 0 Å². The summed E-state index contributed by atoms with van der Waals surface area (Å²) in [5, 5.41) is 0.732. The van der Waals surface area contributed by atoms with Crippen LogP contribution in [0.25, 0.3) is 0 Å². The molecule has 1 unspecified atom stereocenters. The maximum absolute atomic E-state index is 6.33. The van der Waals surface area contributed by atoms with E-state index in [-0.39, 0.29) is 6.04 Å². The second kappa shape index (κ2) is 6.29. The lowest BCUT2D eigenvalue weighted by molar-refractivity contribution is 0.408. The molecule has 0 saturated carbocycles. The minimum absolute atomic E-state index is 0.141. The molecule has 0 amide bonds. The Morgan fingerprint density at radius 3 is 2.50 bits per heavy atom. The second-order valence-electron chi connectivity index (χ2n) is 5.08. The molecular formula is C17H20ClNO. The van der Waals surface area contributed by atoms with E-state index in [0.29, 0.717) is 6.42 Å². The van der Waals surface area contributed by atoms with Crippen LogP contribution in [-0.4, -0.2) is 7.11 Å². The van der Waals surface area contributed by atoms with Crippen LogP contribution in [-0.2, 0) is 6.42 Å². The molecule has 0 heterocycles. The summed E-state index contributed by atoms with van der Waals surface area (Å²) in [7, 11) is 1.67. The molecule has 0 spiro atoms. The molecule has 2 nitrogen and oxygen atoms in total. The van der Waals surface area contributed by atoms with Gasteiger partial charge in [-0.15, -0.1) is 0 Å². The lowest BCUT2D eigenvalue weighted by Gasteiger charge is -2.17. The van der Waals surface area contributed by atoms with Crippen LogP contribution in [0, 0.1) is 13.8 Å². The highest BCUT2D eigenvalue weighted by atomic mass is 35.5. The van der Waals surface area contributed by atoms with Gasteiger partial charge in [0.05, 0.1) is 7.11 Å². The van der Waals surface area contributed by atoms with Gasteiger partial charge in [-0.2, -0.15) is 0 Å².